The Morgan fingerprint density at radius 3 is 2.93 bits per heavy atom. The number of aliphatic imine (C=N–C) groups is 1. The Balaban J connectivity index is 1.62. The van der Waals surface area contributed by atoms with Gasteiger partial charge in [0.25, 0.3) is 0 Å². The van der Waals surface area contributed by atoms with Gasteiger partial charge in [-0.05, 0) is 45.7 Å². The number of nitriles is 1. The third-order valence-corrected chi connectivity index (χ3v) is 6.21. The highest BCUT2D eigenvalue weighted by Crippen LogP contribution is 2.23. The van der Waals surface area contributed by atoms with Crippen LogP contribution in [0.15, 0.2) is 29.3 Å². The quantitative estimate of drug-likeness (QED) is 0.564. The van der Waals surface area contributed by atoms with Crippen LogP contribution in [-0.4, -0.2) is 43.2 Å². The lowest BCUT2D eigenvalue weighted by Crippen LogP contribution is -2.51. The van der Waals surface area contributed by atoms with Crippen LogP contribution in [0.2, 0.25) is 0 Å². The van der Waals surface area contributed by atoms with Gasteiger partial charge < -0.3 is 15.5 Å². The summed E-state index contributed by atoms with van der Waals surface area (Å²) in [5.41, 5.74) is 2.89. The Morgan fingerprint density at radius 1 is 1.38 bits per heavy atom. The van der Waals surface area contributed by atoms with E-state index in [4.69, 9.17) is 4.99 Å². The third-order valence-electron chi connectivity index (χ3n) is 5.08. The van der Waals surface area contributed by atoms with Gasteiger partial charge in [0.15, 0.2) is 5.96 Å². The van der Waals surface area contributed by atoms with Gasteiger partial charge in [-0.3, -0.25) is 4.99 Å². The number of hydrogen-bond acceptors (Lipinski definition) is 5. The topological polar surface area (TPSA) is 76.3 Å². The largest absolute Gasteiger partial charge is 0.368 e. The van der Waals surface area contributed by atoms with Gasteiger partial charge >= 0.3 is 0 Å². The molecule has 2 heterocycles. The molecule has 0 saturated carbocycles. The molecule has 0 aliphatic carbocycles. The summed E-state index contributed by atoms with van der Waals surface area (Å²) in [7, 11) is 0. The van der Waals surface area contributed by atoms with Gasteiger partial charge in [0.05, 0.1) is 22.0 Å². The van der Waals surface area contributed by atoms with Crippen LogP contribution in [0.4, 0.5) is 5.69 Å². The second kappa shape index (κ2) is 10.3. The number of nitrogens with one attached hydrogen (secondary N) is 2. The van der Waals surface area contributed by atoms with Crippen molar-refractivity contribution in [3.63, 3.8) is 0 Å². The highest BCUT2D eigenvalue weighted by atomic mass is 32.1. The van der Waals surface area contributed by atoms with Crippen LogP contribution in [-0.2, 0) is 6.42 Å². The zero-order valence-electron chi connectivity index (χ0n) is 17.5. The highest BCUT2D eigenvalue weighted by Gasteiger charge is 2.22. The van der Waals surface area contributed by atoms with Crippen LogP contribution in [0.5, 0.6) is 0 Å². The molecule has 1 aromatic heterocycles. The highest BCUT2D eigenvalue weighted by molar-refractivity contribution is 7.11. The molecule has 1 saturated heterocycles. The average Bonchev–Trinajstić information content (AvgIpc) is 3.05. The molecule has 1 aliphatic heterocycles. The van der Waals surface area contributed by atoms with E-state index in [2.05, 4.69) is 47.4 Å². The molecule has 154 valence electrons. The summed E-state index contributed by atoms with van der Waals surface area (Å²) < 4.78 is 0. The van der Waals surface area contributed by atoms with Crippen LogP contribution in [0, 0.1) is 25.2 Å². The van der Waals surface area contributed by atoms with Gasteiger partial charge in [-0.15, -0.1) is 11.3 Å². The Morgan fingerprint density at radius 2 is 2.21 bits per heavy atom. The molecule has 29 heavy (non-hydrogen) atoms. The zero-order chi connectivity index (χ0) is 20.6. The second-order valence-electron chi connectivity index (χ2n) is 7.31. The second-order valence-corrected chi connectivity index (χ2v) is 8.60. The summed E-state index contributed by atoms with van der Waals surface area (Å²) in [6, 6.07) is 10.5. The lowest BCUT2D eigenvalue weighted by atomic mass is 10.0. The maximum Gasteiger partial charge on any atom is 0.191 e. The summed E-state index contributed by atoms with van der Waals surface area (Å²) in [4.78, 5) is 12.9. The number of nitrogens with zero attached hydrogens (tertiary/aromatic N) is 4. The predicted molar refractivity (Wildman–Crippen MR) is 121 cm³/mol. The Hall–Kier alpha value is -2.59. The molecule has 1 atom stereocenters. The molecule has 0 amide bonds. The van der Waals surface area contributed by atoms with E-state index in [0.717, 1.165) is 73.4 Å². The minimum Gasteiger partial charge on any atom is -0.368 e. The summed E-state index contributed by atoms with van der Waals surface area (Å²) >= 11 is 1.76. The summed E-state index contributed by atoms with van der Waals surface area (Å²) in [5.74, 6) is 0.867. The van der Waals surface area contributed by atoms with Crippen LogP contribution < -0.4 is 15.5 Å². The van der Waals surface area contributed by atoms with Crippen LogP contribution in [0.3, 0.4) is 0 Å². The molecule has 3 rings (SSSR count). The van der Waals surface area contributed by atoms with E-state index < -0.39 is 0 Å². The smallest absolute Gasteiger partial charge is 0.191 e. The molecule has 1 aliphatic rings. The van der Waals surface area contributed by atoms with E-state index in [1.165, 1.54) is 4.88 Å². The Labute approximate surface area is 177 Å². The van der Waals surface area contributed by atoms with Gasteiger partial charge in [0, 0.05) is 43.5 Å². The van der Waals surface area contributed by atoms with Crippen molar-refractivity contribution in [1.29, 1.82) is 5.26 Å². The van der Waals surface area contributed by atoms with E-state index >= 15 is 0 Å². The molecule has 1 fully saturated rings. The molecule has 0 spiro atoms. The molecular weight excluding hydrogens is 380 g/mol. The third kappa shape index (κ3) is 5.70. The molecular formula is C22H30N6S. The van der Waals surface area contributed by atoms with E-state index in [9.17, 15) is 5.26 Å². The number of thiazole rings is 1. The summed E-state index contributed by atoms with van der Waals surface area (Å²) in [6.07, 6.45) is 3.11. The maximum absolute atomic E-state index is 9.42. The zero-order valence-corrected chi connectivity index (χ0v) is 18.4. The number of anilines is 1. The first-order valence-electron chi connectivity index (χ1n) is 10.3. The number of aromatic nitrogens is 1. The number of benzene rings is 1. The number of rotatable bonds is 6. The van der Waals surface area contributed by atoms with Crippen molar-refractivity contribution in [2.45, 2.75) is 46.1 Å². The molecule has 1 aromatic carbocycles. The molecule has 7 heteroatoms. The summed E-state index contributed by atoms with van der Waals surface area (Å²) in [6.45, 7) is 9.63. The number of para-hydroxylation sites is 1. The minimum absolute atomic E-state index is 0.306. The Bertz CT molecular complexity index is 882. The van der Waals surface area contributed by atoms with Crippen LogP contribution >= 0.6 is 11.3 Å². The molecule has 2 N–H and O–H groups in total. The predicted octanol–water partition coefficient (Wildman–Crippen LogP) is 3.40. The number of piperidine rings is 1. The number of aryl methyl sites for hydroxylation is 2. The minimum atomic E-state index is 0.306. The first-order chi connectivity index (χ1) is 14.1. The van der Waals surface area contributed by atoms with Crippen molar-refractivity contribution < 1.29 is 0 Å². The standard InChI is InChI=1S/C22H30N6S/c1-4-24-22(25-12-11-21-16(2)26-17(3)29-21)27-19-9-7-13-28(15-19)20-10-6-5-8-18(20)14-23/h5-6,8,10,19H,4,7,9,11-13,15H2,1-3H3,(H2,24,25,27). The van der Waals surface area contributed by atoms with E-state index in [-0.39, 0.29) is 0 Å². The SMILES string of the molecule is CCNC(=NCCc1sc(C)nc1C)NC1CCCN(c2ccccc2C#N)C1. The maximum atomic E-state index is 9.42. The van der Waals surface area contributed by atoms with Crippen molar-refractivity contribution in [3.05, 3.63) is 45.4 Å². The van der Waals surface area contributed by atoms with Gasteiger partial charge in [-0.1, -0.05) is 12.1 Å². The Kier molecular flexibility index (Phi) is 7.48. The fraction of sp³-hybridized carbons (Fsp3) is 0.500. The molecule has 0 bridgehead atoms. The van der Waals surface area contributed by atoms with E-state index in [1.807, 2.05) is 24.3 Å². The fourth-order valence-electron chi connectivity index (χ4n) is 3.75. The van der Waals surface area contributed by atoms with Crippen LogP contribution in [0.1, 0.15) is 40.9 Å². The van der Waals surface area contributed by atoms with Crippen molar-refractivity contribution in [3.8, 4) is 6.07 Å². The van der Waals surface area contributed by atoms with E-state index in [1.54, 1.807) is 11.3 Å². The van der Waals surface area contributed by atoms with Crippen molar-refractivity contribution >= 4 is 23.0 Å². The molecule has 1 unspecified atom stereocenters. The summed E-state index contributed by atoms with van der Waals surface area (Å²) in [5, 5.41) is 17.5. The number of hydrogen-bond donors (Lipinski definition) is 2. The van der Waals surface area contributed by atoms with Gasteiger partial charge in [0.1, 0.15) is 6.07 Å². The van der Waals surface area contributed by atoms with Crippen molar-refractivity contribution in [2.24, 2.45) is 4.99 Å². The lowest BCUT2D eigenvalue weighted by molar-refractivity contribution is 0.468. The lowest BCUT2D eigenvalue weighted by Gasteiger charge is -2.35. The van der Waals surface area contributed by atoms with Crippen molar-refractivity contribution in [1.82, 2.24) is 15.6 Å². The monoisotopic (exact) mass is 410 g/mol. The fourth-order valence-corrected chi connectivity index (χ4v) is 4.67. The first-order valence-corrected chi connectivity index (χ1v) is 11.1. The molecule has 2 aromatic rings. The normalized spacial score (nSPS) is 17.1. The van der Waals surface area contributed by atoms with Gasteiger partial charge in [-0.2, -0.15) is 5.26 Å². The first kappa shape index (κ1) is 21.1. The van der Waals surface area contributed by atoms with Gasteiger partial charge in [0.2, 0.25) is 0 Å². The van der Waals surface area contributed by atoms with Gasteiger partial charge in [-0.25, -0.2) is 4.98 Å². The van der Waals surface area contributed by atoms with E-state index in [0.29, 0.717) is 6.04 Å². The van der Waals surface area contributed by atoms with Crippen LogP contribution in [0.25, 0.3) is 0 Å². The number of guanidine groups is 1. The average molecular weight is 411 g/mol. The molecule has 0 radical (unpaired) electrons. The molecule has 6 nitrogen and oxygen atoms in total. The van der Waals surface area contributed by atoms with Crippen molar-refractivity contribution in [2.75, 3.05) is 31.1 Å².